The SMILES string of the molecule is CC(C)(C)C1CCc2oc(CN)nc2C1. The number of aromatic nitrogens is 1. The number of nitrogens with two attached hydrogens (primary N) is 1. The molecular weight excluding hydrogens is 188 g/mol. The highest BCUT2D eigenvalue weighted by atomic mass is 16.4. The first-order valence-corrected chi connectivity index (χ1v) is 5.68. The van der Waals surface area contributed by atoms with Gasteiger partial charge in [-0.2, -0.15) is 0 Å². The van der Waals surface area contributed by atoms with Gasteiger partial charge in [-0.1, -0.05) is 20.8 Å². The van der Waals surface area contributed by atoms with Gasteiger partial charge in [-0.25, -0.2) is 4.98 Å². The van der Waals surface area contributed by atoms with Gasteiger partial charge in [-0.3, -0.25) is 0 Å². The Morgan fingerprint density at radius 1 is 1.47 bits per heavy atom. The van der Waals surface area contributed by atoms with Crippen molar-refractivity contribution < 1.29 is 4.42 Å². The fourth-order valence-corrected chi connectivity index (χ4v) is 2.26. The van der Waals surface area contributed by atoms with E-state index in [2.05, 4.69) is 25.8 Å². The van der Waals surface area contributed by atoms with E-state index in [4.69, 9.17) is 10.2 Å². The molecule has 84 valence electrons. The standard InChI is InChI=1S/C12H20N2O/c1-12(2,3)8-4-5-10-9(6-8)14-11(7-13)15-10/h8H,4-7,13H2,1-3H3. The molecule has 0 spiro atoms. The first-order valence-electron chi connectivity index (χ1n) is 5.68. The predicted molar refractivity (Wildman–Crippen MR) is 59.4 cm³/mol. The normalized spacial score (nSPS) is 21.5. The molecule has 0 saturated heterocycles. The zero-order valence-electron chi connectivity index (χ0n) is 9.84. The summed E-state index contributed by atoms with van der Waals surface area (Å²) in [5, 5.41) is 0. The predicted octanol–water partition coefficient (Wildman–Crippen LogP) is 2.28. The van der Waals surface area contributed by atoms with E-state index in [0.29, 0.717) is 23.8 Å². The van der Waals surface area contributed by atoms with Gasteiger partial charge in [0, 0.05) is 6.42 Å². The van der Waals surface area contributed by atoms with Gasteiger partial charge in [-0.05, 0) is 24.2 Å². The summed E-state index contributed by atoms with van der Waals surface area (Å²) < 4.78 is 5.58. The lowest BCUT2D eigenvalue weighted by Gasteiger charge is -2.32. The lowest BCUT2D eigenvalue weighted by molar-refractivity contribution is 0.208. The summed E-state index contributed by atoms with van der Waals surface area (Å²) in [6, 6.07) is 0. The number of nitrogens with zero attached hydrogens (tertiary/aromatic N) is 1. The lowest BCUT2D eigenvalue weighted by atomic mass is 9.73. The minimum Gasteiger partial charge on any atom is -0.444 e. The van der Waals surface area contributed by atoms with E-state index >= 15 is 0 Å². The fraction of sp³-hybridized carbons (Fsp3) is 0.750. The average molecular weight is 208 g/mol. The molecule has 0 saturated carbocycles. The Morgan fingerprint density at radius 2 is 2.20 bits per heavy atom. The molecule has 1 aliphatic rings. The van der Waals surface area contributed by atoms with Gasteiger partial charge in [0.15, 0.2) is 0 Å². The minimum absolute atomic E-state index is 0.361. The van der Waals surface area contributed by atoms with Crippen molar-refractivity contribution in [1.29, 1.82) is 0 Å². The summed E-state index contributed by atoms with van der Waals surface area (Å²) in [5.74, 6) is 2.46. The van der Waals surface area contributed by atoms with Crippen LogP contribution in [-0.2, 0) is 19.4 Å². The van der Waals surface area contributed by atoms with Gasteiger partial charge in [0.2, 0.25) is 5.89 Å². The molecule has 1 heterocycles. The Bertz CT molecular complexity index is 349. The van der Waals surface area contributed by atoms with Crippen LogP contribution >= 0.6 is 0 Å². The van der Waals surface area contributed by atoms with Crippen molar-refractivity contribution >= 4 is 0 Å². The van der Waals surface area contributed by atoms with Gasteiger partial charge in [-0.15, -0.1) is 0 Å². The largest absolute Gasteiger partial charge is 0.444 e. The van der Waals surface area contributed by atoms with Crippen LogP contribution in [0.25, 0.3) is 0 Å². The summed E-state index contributed by atoms with van der Waals surface area (Å²) in [6.07, 6.45) is 3.27. The molecule has 0 fully saturated rings. The second-order valence-electron chi connectivity index (χ2n) is 5.49. The third-order valence-electron chi connectivity index (χ3n) is 3.38. The molecule has 0 amide bonds. The van der Waals surface area contributed by atoms with E-state index in [1.807, 2.05) is 0 Å². The van der Waals surface area contributed by atoms with E-state index < -0.39 is 0 Å². The zero-order chi connectivity index (χ0) is 11.1. The van der Waals surface area contributed by atoms with Crippen molar-refractivity contribution in [1.82, 2.24) is 4.98 Å². The van der Waals surface area contributed by atoms with E-state index in [1.54, 1.807) is 0 Å². The van der Waals surface area contributed by atoms with Crippen LogP contribution in [0.5, 0.6) is 0 Å². The maximum absolute atomic E-state index is 5.58. The molecule has 15 heavy (non-hydrogen) atoms. The third-order valence-corrected chi connectivity index (χ3v) is 3.38. The highest BCUT2D eigenvalue weighted by Crippen LogP contribution is 2.37. The van der Waals surface area contributed by atoms with Crippen LogP contribution in [0.1, 0.15) is 44.5 Å². The molecule has 2 N–H and O–H groups in total. The molecule has 1 aliphatic carbocycles. The number of aryl methyl sites for hydroxylation is 1. The van der Waals surface area contributed by atoms with Crippen LogP contribution in [0.15, 0.2) is 4.42 Å². The van der Waals surface area contributed by atoms with Crippen molar-refractivity contribution in [3.63, 3.8) is 0 Å². The summed E-state index contributed by atoms with van der Waals surface area (Å²) in [7, 11) is 0. The Labute approximate surface area is 91.1 Å². The van der Waals surface area contributed by atoms with Crippen LogP contribution in [0, 0.1) is 11.3 Å². The fourth-order valence-electron chi connectivity index (χ4n) is 2.26. The molecule has 1 aromatic rings. The van der Waals surface area contributed by atoms with Crippen LogP contribution in [0.3, 0.4) is 0 Å². The van der Waals surface area contributed by atoms with Gasteiger partial charge < -0.3 is 10.2 Å². The summed E-state index contributed by atoms with van der Waals surface area (Å²) in [5.41, 5.74) is 7.03. The van der Waals surface area contributed by atoms with Gasteiger partial charge >= 0.3 is 0 Å². The van der Waals surface area contributed by atoms with E-state index in [9.17, 15) is 0 Å². The molecular formula is C12H20N2O. The average Bonchev–Trinajstić information content (AvgIpc) is 2.57. The molecule has 3 nitrogen and oxygen atoms in total. The van der Waals surface area contributed by atoms with Crippen LogP contribution < -0.4 is 5.73 Å². The second kappa shape index (κ2) is 3.63. The molecule has 2 rings (SSSR count). The number of hydrogen-bond donors (Lipinski definition) is 1. The van der Waals surface area contributed by atoms with Crippen molar-refractivity contribution in [3.05, 3.63) is 17.3 Å². The Kier molecular flexibility index (Phi) is 2.59. The number of fused-ring (bicyclic) bond motifs is 1. The topological polar surface area (TPSA) is 52.0 Å². The van der Waals surface area contributed by atoms with Crippen molar-refractivity contribution in [2.24, 2.45) is 17.1 Å². The minimum atomic E-state index is 0.361. The molecule has 0 radical (unpaired) electrons. The van der Waals surface area contributed by atoms with Crippen molar-refractivity contribution in [2.45, 2.75) is 46.6 Å². The molecule has 3 heteroatoms. The lowest BCUT2D eigenvalue weighted by Crippen LogP contribution is -2.26. The second-order valence-corrected chi connectivity index (χ2v) is 5.49. The Hall–Kier alpha value is -0.830. The highest BCUT2D eigenvalue weighted by Gasteiger charge is 2.31. The van der Waals surface area contributed by atoms with Gasteiger partial charge in [0.25, 0.3) is 0 Å². The molecule has 0 bridgehead atoms. The van der Waals surface area contributed by atoms with E-state index in [1.165, 1.54) is 6.42 Å². The summed E-state index contributed by atoms with van der Waals surface area (Å²) in [4.78, 5) is 4.44. The first-order chi connectivity index (χ1) is 7.00. The monoisotopic (exact) mass is 208 g/mol. The number of hydrogen-bond acceptors (Lipinski definition) is 3. The van der Waals surface area contributed by atoms with Gasteiger partial charge in [0.05, 0.1) is 12.2 Å². The Balaban J connectivity index is 2.19. The maximum Gasteiger partial charge on any atom is 0.208 e. The van der Waals surface area contributed by atoms with Crippen LogP contribution in [0.4, 0.5) is 0 Å². The zero-order valence-corrected chi connectivity index (χ0v) is 9.84. The third kappa shape index (κ3) is 2.07. The smallest absolute Gasteiger partial charge is 0.208 e. The summed E-state index contributed by atoms with van der Waals surface area (Å²) in [6.45, 7) is 7.30. The van der Waals surface area contributed by atoms with Crippen molar-refractivity contribution in [2.75, 3.05) is 0 Å². The molecule has 0 aliphatic heterocycles. The molecule has 1 atom stereocenters. The summed E-state index contributed by atoms with van der Waals surface area (Å²) >= 11 is 0. The Morgan fingerprint density at radius 3 is 2.80 bits per heavy atom. The van der Waals surface area contributed by atoms with Gasteiger partial charge in [0.1, 0.15) is 5.76 Å². The maximum atomic E-state index is 5.58. The van der Waals surface area contributed by atoms with Crippen LogP contribution in [0.2, 0.25) is 0 Å². The quantitative estimate of drug-likeness (QED) is 0.770. The molecule has 1 unspecified atom stereocenters. The molecule has 0 aromatic carbocycles. The number of oxazole rings is 1. The van der Waals surface area contributed by atoms with Crippen LogP contribution in [-0.4, -0.2) is 4.98 Å². The van der Waals surface area contributed by atoms with Crippen molar-refractivity contribution in [3.8, 4) is 0 Å². The first kappa shape index (κ1) is 10.7. The highest BCUT2D eigenvalue weighted by molar-refractivity contribution is 5.15. The molecule has 1 aromatic heterocycles. The van der Waals surface area contributed by atoms with E-state index in [0.717, 1.165) is 24.3 Å². The number of rotatable bonds is 1. The van der Waals surface area contributed by atoms with E-state index in [-0.39, 0.29) is 0 Å².